The minimum absolute atomic E-state index is 0.209. The van der Waals surface area contributed by atoms with Crippen LogP contribution < -0.4 is 10.6 Å². The molecule has 8 heteroatoms. The van der Waals surface area contributed by atoms with Crippen LogP contribution in [0.25, 0.3) is 0 Å². The number of amides is 3. The van der Waals surface area contributed by atoms with Gasteiger partial charge in [-0.2, -0.15) is 0 Å². The van der Waals surface area contributed by atoms with Crippen LogP contribution in [-0.4, -0.2) is 64.2 Å². The summed E-state index contributed by atoms with van der Waals surface area (Å²) in [6.45, 7) is 6.57. The summed E-state index contributed by atoms with van der Waals surface area (Å²) in [4.78, 5) is 42.7. The predicted octanol–water partition coefficient (Wildman–Crippen LogP) is 2.14. The summed E-state index contributed by atoms with van der Waals surface area (Å²) in [5, 5.41) is 16.1. The van der Waals surface area contributed by atoms with Gasteiger partial charge in [-0.1, -0.05) is 57.5 Å². The lowest BCUT2D eigenvalue weighted by atomic mass is 9.65. The second-order valence-electron chi connectivity index (χ2n) is 10.2. The highest BCUT2D eigenvalue weighted by Gasteiger charge is 2.79. The second kappa shape index (κ2) is 10.3. The van der Waals surface area contributed by atoms with Gasteiger partial charge >= 0.3 is 0 Å². The summed E-state index contributed by atoms with van der Waals surface area (Å²) >= 11 is 0. The Hall–Kier alpha value is -2.45. The van der Waals surface area contributed by atoms with E-state index >= 15 is 0 Å². The van der Waals surface area contributed by atoms with Crippen molar-refractivity contribution >= 4 is 17.7 Å². The Labute approximate surface area is 207 Å². The summed E-state index contributed by atoms with van der Waals surface area (Å²) in [5.41, 5.74) is -0.847. The Kier molecular flexibility index (Phi) is 7.52. The number of carbonyl (C=O) groups excluding carboxylic acids is 3. The molecular weight excluding hydrogens is 446 g/mol. The van der Waals surface area contributed by atoms with Gasteiger partial charge in [0.15, 0.2) is 0 Å². The van der Waals surface area contributed by atoms with E-state index in [0.29, 0.717) is 38.8 Å². The summed E-state index contributed by atoms with van der Waals surface area (Å²) in [7, 11) is 0. The van der Waals surface area contributed by atoms with Crippen LogP contribution in [0.5, 0.6) is 0 Å². The molecule has 192 valence electrons. The van der Waals surface area contributed by atoms with Crippen molar-refractivity contribution in [3.05, 3.63) is 35.9 Å². The van der Waals surface area contributed by atoms with E-state index in [2.05, 4.69) is 17.6 Å². The number of nitrogens with one attached hydrogen (secondary N) is 2. The van der Waals surface area contributed by atoms with Crippen LogP contribution in [0, 0.1) is 11.8 Å². The quantitative estimate of drug-likeness (QED) is 0.416. The molecule has 3 aliphatic rings. The first kappa shape index (κ1) is 25.6. The van der Waals surface area contributed by atoms with Gasteiger partial charge in [-0.15, -0.1) is 0 Å². The number of fused-ring (bicyclic) bond motifs is 1. The zero-order valence-electron chi connectivity index (χ0n) is 21.1. The highest BCUT2D eigenvalue weighted by molar-refractivity contribution is 5.99. The minimum atomic E-state index is -1.05. The van der Waals surface area contributed by atoms with Crippen molar-refractivity contribution in [1.29, 1.82) is 0 Å². The van der Waals surface area contributed by atoms with Gasteiger partial charge in [-0.3, -0.25) is 14.4 Å². The van der Waals surface area contributed by atoms with E-state index < -0.39 is 35.1 Å². The molecule has 3 fully saturated rings. The molecule has 3 amide bonds. The molecule has 0 aliphatic carbocycles. The Balaban J connectivity index is 1.68. The van der Waals surface area contributed by atoms with Crippen LogP contribution in [0.1, 0.15) is 64.9 Å². The third-order valence-electron chi connectivity index (χ3n) is 8.36. The number of nitrogens with zero attached hydrogens (tertiary/aromatic N) is 1. The maximum atomic E-state index is 14.0. The zero-order valence-corrected chi connectivity index (χ0v) is 21.1. The Bertz CT molecular complexity index is 936. The van der Waals surface area contributed by atoms with E-state index in [9.17, 15) is 19.5 Å². The number of benzene rings is 1. The normalized spacial score (nSPS) is 31.9. The van der Waals surface area contributed by atoms with Crippen molar-refractivity contribution in [1.82, 2.24) is 15.5 Å². The number of aliphatic hydroxyl groups excluding tert-OH is 1. The summed E-state index contributed by atoms with van der Waals surface area (Å²) in [6.07, 6.45) is 4.04. The highest BCUT2D eigenvalue weighted by atomic mass is 16.5. The van der Waals surface area contributed by atoms with Crippen molar-refractivity contribution < 1.29 is 24.2 Å². The third-order valence-corrected chi connectivity index (χ3v) is 8.36. The molecule has 2 bridgehead atoms. The molecule has 2 unspecified atom stereocenters. The lowest BCUT2D eigenvalue weighted by Crippen LogP contribution is -2.58. The van der Waals surface area contributed by atoms with Crippen molar-refractivity contribution in [3.8, 4) is 0 Å². The number of likely N-dealkylation sites (tertiary alicyclic amines) is 1. The van der Waals surface area contributed by atoms with Crippen LogP contribution in [0.15, 0.2) is 30.3 Å². The molecule has 3 saturated heterocycles. The Morgan fingerprint density at radius 2 is 1.89 bits per heavy atom. The molecular formula is C27H39N3O5. The van der Waals surface area contributed by atoms with Crippen molar-refractivity contribution in [3.63, 3.8) is 0 Å². The van der Waals surface area contributed by atoms with Gasteiger partial charge in [0.05, 0.1) is 30.1 Å². The molecule has 4 rings (SSSR count). The molecule has 1 aromatic carbocycles. The number of unbranched alkanes of at least 4 members (excludes halogenated alkanes) is 1. The first-order valence-corrected chi connectivity index (χ1v) is 13.1. The Morgan fingerprint density at radius 1 is 1.14 bits per heavy atom. The van der Waals surface area contributed by atoms with Gasteiger partial charge in [-0.05, 0) is 37.7 Å². The smallest absolute Gasteiger partial charge is 0.245 e. The highest BCUT2D eigenvalue weighted by Crippen LogP contribution is 2.64. The Morgan fingerprint density at radius 3 is 2.51 bits per heavy atom. The first-order valence-electron chi connectivity index (χ1n) is 13.1. The maximum Gasteiger partial charge on any atom is 0.245 e. The van der Waals surface area contributed by atoms with Crippen LogP contribution in [0.2, 0.25) is 0 Å². The van der Waals surface area contributed by atoms with Crippen LogP contribution >= 0.6 is 0 Å². The van der Waals surface area contributed by atoms with Crippen molar-refractivity contribution in [2.75, 3.05) is 13.2 Å². The molecule has 0 aromatic heterocycles. The van der Waals surface area contributed by atoms with Gasteiger partial charge in [0.1, 0.15) is 11.6 Å². The number of rotatable bonds is 11. The molecule has 3 N–H and O–H groups in total. The van der Waals surface area contributed by atoms with Crippen molar-refractivity contribution in [2.24, 2.45) is 11.8 Å². The van der Waals surface area contributed by atoms with Gasteiger partial charge in [0.2, 0.25) is 17.7 Å². The molecule has 0 saturated carbocycles. The molecule has 6 atom stereocenters. The minimum Gasteiger partial charge on any atom is -0.394 e. The van der Waals surface area contributed by atoms with Crippen molar-refractivity contribution in [2.45, 2.75) is 89.1 Å². The van der Waals surface area contributed by atoms with Crippen LogP contribution in [-0.2, 0) is 25.7 Å². The van der Waals surface area contributed by atoms with Crippen LogP contribution in [0.3, 0.4) is 0 Å². The van der Waals surface area contributed by atoms with Gasteiger partial charge in [0, 0.05) is 13.1 Å². The van der Waals surface area contributed by atoms with E-state index in [1.165, 1.54) is 4.90 Å². The fraction of sp³-hybridized carbons (Fsp3) is 0.667. The van der Waals surface area contributed by atoms with Gasteiger partial charge < -0.3 is 25.4 Å². The first-order chi connectivity index (χ1) is 16.9. The molecule has 1 aromatic rings. The molecule has 3 aliphatic heterocycles. The fourth-order valence-corrected chi connectivity index (χ4v) is 6.54. The summed E-state index contributed by atoms with van der Waals surface area (Å²) in [6, 6.07) is 8.30. The van der Waals surface area contributed by atoms with Crippen LogP contribution in [0.4, 0.5) is 0 Å². The number of aliphatic hydroxyl groups is 1. The maximum absolute atomic E-state index is 14.0. The van der Waals surface area contributed by atoms with E-state index in [1.807, 2.05) is 44.2 Å². The molecule has 3 heterocycles. The van der Waals surface area contributed by atoms with E-state index in [0.717, 1.165) is 18.4 Å². The second-order valence-corrected chi connectivity index (χ2v) is 10.2. The predicted molar refractivity (Wildman–Crippen MR) is 131 cm³/mol. The number of carbonyl (C=O) groups is 3. The molecule has 35 heavy (non-hydrogen) atoms. The fourth-order valence-electron chi connectivity index (χ4n) is 6.54. The third kappa shape index (κ3) is 4.14. The summed E-state index contributed by atoms with van der Waals surface area (Å²) in [5.74, 6) is -2.13. The van der Waals surface area contributed by atoms with Gasteiger partial charge in [-0.25, -0.2) is 0 Å². The topological polar surface area (TPSA) is 108 Å². The van der Waals surface area contributed by atoms with Gasteiger partial charge in [0.25, 0.3) is 0 Å². The number of hydrogen-bond acceptors (Lipinski definition) is 5. The summed E-state index contributed by atoms with van der Waals surface area (Å²) < 4.78 is 6.72. The average molecular weight is 486 g/mol. The average Bonchev–Trinajstić information content (AvgIpc) is 3.48. The number of ether oxygens (including phenoxy) is 1. The SMILES string of the molecule is CCCCNC(=O)C1N([C@@H](CC)CO)C(=O)[C@@H]2[C@H](C(=O)NCc3ccccc3)[C@]3(CC)CCC12O3. The molecule has 0 radical (unpaired) electrons. The lowest BCUT2D eigenvalue weighted by molar-refractivity contribution is -0.151. The lowest BCUT2D eigenvalue weighted by Gasteiger charge is -2.37. The largest absolute Gasteiger partial charge is 0.394 e. The number of hydrogen-bond donors (Lipinski definition) is 3. The molecule has 8 nitrogen and oxygen atoms in total. The zero-order chi connectivity index (χ0) is 25.2. The van der Waals surface area contributed by atoms with E-state index in [1.54, 1.807) is 0 Å². The van der Waals surface area contributed by atoms with E-state index in [-0.39, 0.29) is 24.3 Å². The monoisotopic (exact) mass is 485 g/mol. The standard InChI is InChI=1S/C27H39N3O5/c1-4-7-15-28-24(33)22-27-14-13-26(6-3,35-27)20(21(27)25(34)30(22)19(5-2)17-31)23(32)29-16-18-11-9-8-10-12-18/h8-12,19-22,31H,4-7,13-17H2,1-3H3,(H,28,33)(H,29,32)/t19-,20+,21-,22?,26-,27?/m0/s1. The van der Waals surface area contributed by atoms with E-state index in [4.69, 9.17) is 4.74 Å². The molecule has 1 spiro atoms.